The highest BCUT2D eigenvalue weighted by molar-refractivity contribution is 5.78. The number of benzene rings is 1. The molecule has 1 rings (SSSR count). The van der Waals surface area contributed by atoms with Crippen LogP contribution in [0.5, 0.6) is 11.5 Å². The summed E-state index contributed by atoms with van der Waals surface area (Å²) in [6.45, 7) is 1.86. The highest BCUT2D eigenvalue weighted by Crippen LogP contribution is 2.29. The van der Waals surface area contributed by atoms with Crippen molar-refractivity contribution in [2.75, 3.05) is 20.2 Å². The highest BCUT2D eigenvalue weighted by Gasteiger charge is 2.14. The molecule has 0 aromatic heterocycles. The van der Waals surface area contributed by atoms with E-state index < -0.39 is 6.61 Å². The van der Waals surface area contributed by atoms with Gasteiger partial charge in [-0.2, -0.15) is 8.78 Å². The molecule has 0 spiro atoms. The number of hydrogen-bond acceptors (Lipinski definition) is 4. The van der Waals surface area contributed by atoms with Crippen molar-refractivity contribution in [2.45, 2.75) is 27.0 Å². The molecule has 1 atom stereocenters. The summed E-state index contributed by atoms with van der Waals surface area (Å²) in [5.41, 5.74) is 0.745. The van der Waals surface area contributed by atoms with Gasteiger partial charge in [0, 0.05) is 19.0 Å². The van der Waals surface area contributed by atoms with E-state index >= 15 is 0 Å². The third kappa shape index (κ3) is 5.85. The van der Waals surface area contributed by atoms with Crippen LogP contribution in [0.3, 0.4) is 0 Å². The van der Waals surface area contributed by atoms with Gasteiger partial charge in [-0.05, 0) is 31.7 Å². The fourth-order valence-electron chi connectivity index (χ4n) is 1.89. The summed E-state index contributed by atoms with van der Waals surface area (Å²) in [4.78, 5) is 11.8. The van der Waals surface area contributed by atoms with E-state index in [9.17, 15) is 13.6 Å². The maximum Gasteiger partial charge on any atom is 0.387 e. The molecule has 0 fully saturated rings. The van der Waals surface area contributed by atoms with E-state index in [4.69, 9.17) is 4.74 Å². The van der Waals surface area contributed by atoms with E-state index in [1.807, 2.05) is 6.92 Å². The Morgan fingerprint density at radius 3 is 2.64 bits per heavy atom. The van der Waals surface area contributed by atoms with Gasteiger partial charge in [-0.3, -0.25) is 4.79 Å². The quantitative estimate of drug-likeness (QED) is 0.733. The maximum atomic E-state index is 12.3. The van der Waals surface area contributed by atoms with Gasteiger partial charge in [-0.15, -0.1) is 0 Å². The van der Waals surface area contributed by atoms with Gasteiger partial charge < -0.3 is 20.1 Å². The Labute approximate surface area is 129 Å². The van der Waals surface area contributed by atoms with Gasteiger partial charge in [-0.25, -0.2) is 0 Å². The molecule has 22 heavy (non-hydrogen) atoms. The summed E-state index contributed by atoms with van der Waals surface area (Å²) in [7, 11) is 1.78. The zero-order valence-corrected chi connectivity index (χ0v) is 13.0. The topological polar surface area (TPSA) is 59.6 Å². The number of rotatable bonds is 9. The van der Waals surface area contributed by atoms with E-state index in [0.29, 0.717) is 19.7 Å². The average Bonchev–Trinajstić information content (AvgIpc) is 2.47. The molecule has 0 aliphatic heterocycles. The molecule has 1 aromatic carbocycles. The molecule has 0 aliphatic rings. The SMILES string of the molecule is CCOc1cc(CNC(=O)C(C)CNC)ccc1OC(F)F. The normalized spacial score (nSPS) is 12.1. The molecule has 0 heterocycles. The first-order chi connectivity index (χ1) is 10.5. The summed E-state index contributed by atoms with van der Waals surface area (Å²) < 4.78 is 34.3. The van der Waals surface area contributed by atoms with Crippen molar-refractivity contribution in [3.8, 4) is 11.5 Å². The summed E-state index contributed by atoms with van der Waals surface area (Å²) in [6, 6.07) is 4.61. The van der Waals surface area contributed by atoms with Crippen molar-refractivity contribution >= 4 is 5.91 Å². The van der Waals surface area contributed by atoms with Crippen LogP contribution in [0.2, 0.25) is 0 Å². The van der Waals surface area contributed by atoms with Gasteiger partial charge in [0.15, 0.2) is 11.5 Å². The van der Waals surface area contributed by atoms with Gasteiger partial charge in [-0.1, -0.05) is 13.0 Å². The summed E-state index contributed by atoms with van der Waals surface area (Å²) >= 11 is 0. The molecule has 1 aromatic rings. The second kappa shape index (κ2) is 9.19. The van der Waals surface area contributed by atoms with Crippen molar-refractivity contribution in [1.82, 2.24) is 10.6 Å². The Morgan fingerprint density at radius 2 is 2.05 bits per heavy atom. The van der Waals surface area contributed by atoms with Crippen LogP contribution >= 0.6 is 0 Å². The third-order valence-electron chi connectivity index (χ3n) is 2.95. The Morgan fingerprint density at radius 1 is 1.32 bits per heavy atom. The van der Waals surface area contributed by atoms with Crippen LogP contribution in [-0.4, -0.2) is 32.7 Å². The predicted octanol–water partition coefficient (Wildman–Crippen LogP) is 2.16. The average molecular weight is 316 g/mol. The largest absolute Gasteiger partial charge is 0.490 e. The number of nitrogens with one attached hydrogen (secondary N) is 2. The Kier molecular flexibility index (Phi) is 7.59. The molecule has 0 radical (unpaired) electrons. The van der Waals surface area contributed by atoms with Gasteiger partial charge in [0.2, 0.25) is 5.91 Å². The fourth-order valence-corrected chi connectivity index (χ4v) is 1.89. The van der Waals surface area contributed by atoms with E-state index in [1.165, 1.54) is 6.07 Å². The minimum Gasteiger partial charge on any atom is -0.490 e. The second-order valence-electron chi connectivity index (χ2n) is 4.77. The van der Waals surface area contributed by atoms with Gasteiger partial charge in [0.05, 0.1) is 6.61 Å². The minimum atomic E-state index is -2.91. The number of halogens is 2. The van der Waals surface area contributed by atoms with E-state index in [0.717, 1.165) is 5.56 Å². The molecule has 1 amide bonds. The van der Waals surface area contributed by atoms with Crippen LogP contribution in [0.15, 0.2) is 18.2 Å². The van der Waals surface area contributed by atoms with Crippen molar-refractivity contribution in [3.63, 3.8) is 0 Å². The molecular weight excluding hydrogens is 294 g/mol. The molecule has 7 heteroatoms. The van der Waals surface area contributed by atoms with Crippen molar-refractivity contribution in [3.05, 3.63) is 23.8 Å². The lowest BCUT2D eigenvalue weighted by atomic mass is 10.1. The third-order valence-corrected chi connectivity index (χ3v) is 2.95. The van der Waals surface area contributed by atoms with Gasteiger partial charge in [0.1, 0.15) is 0 Å². The van der Waals surface area contributed by atoms with Gasteiger partial charge in [0.25, 0.3) is 0 Å². The van der Waals surface area contributed by atoms with Crippen LogP contribution in [0.25, 0.3) is 0 Å². The van der Waals surface area contributed by atoms with Crippen LogP contribution in [-0.2, 0) is 11.3 Å². The number of carbonyl (C=O) groups excluding carboxylic acids is 1. The molecular formula is C15H22F2N2O3. The fraction of sp³-hybridized carbons (Fsp3) is 0.533. The smallest absolute Gasteiger partial charge is 0.387 e. The Bertz CT molecular complexity index is 484. The summed E-state index contributed by atoms with van der Waals surface area (Å²) in [6.07, 6.45) is 0. The number of hydrogen-bond donors (Lipinski definition) is 2. The zero-order valence-electron chi connectivity index (χ0n) is 13.0. The van der Waals surface area contributed by atoms with Crippen molar-refractivity contribution < 1.29 is 23.0 Å². The Hall–Kier alpha value is -1.89. The first-order valence-corrected chi connectivity index (χ1v) is 7.10. The predicted molar refractivity (Wildman–Crippen MR) is 79.2 cm³/mol. The summed E-state index contributed by atoms with van der Waals surface area (Å²) in [5, 5.41) is 5.72. The van der Waals surface area contributed by atoms with Crippen LogP contribution in [0.1, 0.15) is 19.4 Å². The first-order valence-electron chi connectivity index (χ1n) is 7.10. The lowest BCUT2D eigenvalue weighted by molar-refractivity contribution is -0.124. The lowest BCUT2D eigenvalue weighted by Crippen LogP contribution is -2.33. The first kappa shape index (κ1) is 18.2. The molecule has 0 saturated carbocycles. The maximum absolute atomic E-state index is 12.3. The summed E-state index contributed by atoms with van der Waals surface area (Å²) in [5.74, 6) is -0.0219. The van der Waals surface area contributed by atoms with Crippen LogP contribution in [0.4, 0.5) is 8.78 Å². The number of alkyl halides is 2. The molecule has 1 unspecified atom stereocenters. The Balaban J connectivity index is 2.71. The molecule has 0 aliphatic carbocycles. The lowest BCUT2D eigenvalue weighted by Gasteiger charge is -2.14. The highest BCUT2D eigenvalue weighted by atomic mass is 19.3. The van der Waals surface area contributed by atoms with Crippen LogP contribution in [0, 0.1) is 5.92 Å². The van der Waals surface area contributed by atoms with Gasteiger partial charge >= 0.3 is 6.61 Å². The standard InChI is InChI=1S/C15H22F2N2O3/c1-4-21-13-7-11(5-6-12(13)22-15(16)17)9-19-14(20)10(2)8-18-3/h5-7,10,15,18H,4,8-9H2,1-3H3,(H,19,20). The number of carbonyl (C=O) groups is 1. The zero-order chi connectivity index (χ0) is 16.5. The second-order valence-corrected chi connectivity index (χ2v) is 4.77. The molecule has 2 N–H and O–H groups in total. The molecule has 0 saturated heterocycles. The number of ether oxygens (including phenoxy) is 2. The van der Waals surface area contributed by atoms with Crippen molar-refractivity contribution in [2.24, 2.45) is 5.92 Å². The minimum absolute atomic E-state index is 0.0181. The van der Waals surface area contributed by atoms with E-state index in [-0.39, 0.29) is 23.3 Å². The number of amides is 1. The van der Waals surface area contributed by atoms with Crippen LogP contribution < -0.4 is 20.1 Å². The molecule has 124 valence electrons. The van der Waals surface area contributed by atoms with E-state index in [2.05, 4.69) is 15.4 Å². The molecule has 0 bridgehead atoms. The monoisotopic (exact) mass is 316 g/mol. The molecule has 5 nitrogen and oxygen atoms in total. The van der Waals surface area contributed by atoms with E-state index in [1.54, 1.807) is 26.1 Å². The van der Waals surface area contributed by atoms with Crippen molar-refractivity contribution in [1.29, 1.82) is 0 Å².